The van der Waals surface area contributed by atoms with Gasteiger partial charge in [0.05, 0.1) is 12.2 Å². The van der Waals surface area contributed by atoms with Crippen molar-refractivity contribution in [3.8, 4) is 11.8 Å². The summed E-state index contributed by atoms with van der Waals surface area (Å²) in [5.74, 6) is 7.83. The molecule has 0 heterocycles. The molecule has 3 rings (SSSR count). The lowest BCUT2D eigenvalue weighted by Gasteiger charge is -2.45. The summed E-state index contributed by atoms with van der Waals surface area (Å²) >= 11 is 0. The second kappa shape index (κ2) is 11.8. The number of aliphatic hydroxyl groups excluding tert-OH is 2. The molecule has 3 aliphatic carbocycles. The Labute approximate surface area is 213 Å². The molecular weight excluding hydrogens is 436 g/mol. The molecule has 3 fully saturated rings. The van der Waals surface area contributed by atoms with Gasteiger partial charge in [0.25, 0.3) is 0 Å². The first kappa shape index (κ1) is 28.2. The van der Waals surface area contributed by atoms with Gasteiger partial charge in [-0.2, -0.15) is 0 Å². The number of hydrogen-bond acceptors (Lipinski definition) is 4. The summed E-state index contributed by atoms with van der Waals surface area (Å²) in [6, 6.07) is 0. The lowest BCUT2D eigenvalue weighted by atomic mass is 9.60. The van der Waals surface area contributed by atoms with Gasteiger partial charge < -0.3 is 20.1 Å². The van der Waals surface area contributed by atoms with Gasteiger partial charge in [-0.15, -0.1) is 0 Å². The fraction of sp³-hybridized carbons (Fsp3) is 0.742. The number of hydrogen-bond donors (Lipinski definition) is 3. The van der Waals surface area contributed by atoms with Crippen LogP contribution in [-0.2, 0) is 4.74 Å². The van der Waals surface area contributed by atoms with Crippen LogP contribution in [0.2, 0.25) is 0 Å². The zero-order valence-corrected chi connectivity index (χ0v) is 22.6. The van der Waals surface area contributed by atoms with Gasteiger partial charge in [-0.25, -0.2) is 0 Å². The maximum atomic E-state index is 10.7. The van der Waals surface area contributed by atoms with E-state index in [1.807, 2.05) is 20.8 Å². The highest BCUT2D eigenvalue weighted by molar-refractivity contribution is 5.38. The number of fused-ring (bicyclic) bond motifs is 1. The average Bonchev–Trinajstić information content (AvgIpc) is 3.19. The first-order valence-corrected chi connectivity index (χ1v) is 13.9. The zero-order chi connectivity index (χ0) is 25.8. The molecule has 3 N–H and O–H groups in total. The fourth-order valence-electron chi connectivity index (χ4n) is 6.96. The molecule has 0 aromatic rings. The molecule has 35 heavy (non-hydrogen) atoms. The largest absolute Gasteiger partial charge is 0.393 e. The van der Waals surface area contributed by atoms with Crippen LogP contribution in [0.3, 0.4) is 0 Å². The average molecular weight is 485 g/mol. The summed E-state index contributed by atoms with van der Waals surface area (Å²) in [7, 11) is 0. The maximum absolute atomic E-state index is 10.7. The van der Waals surface area contributed by atoms with E-state index in [0.717, 1.165) is 24.0 Å². The van der Waals surface area contributed by atoms with E-state index in [1.165, 1.54) is 24.8 Å². The number of ether oxygens (including phenoxy) is 1. The van der Waals surface area contributed by atoms with E-state index < -0.39 is 17.8 Å². The Hall–Kier alpha value is -1.38. The highest BCUT2D eigenvalue weighted by atomic mass is 16.5. The molecule has 0 aromatic carbocycles. The highest BCUT2D eigenvalue weighted by Crippen LogP contribution is 2.60. The van der Waals surface area contributed by atoms with Crippen molar-refractivity contribution in [1.29, 1.82) is 0 Å². The van der Waals surface area contributed by atoms with E-state index in [2.05, 4.69) is 44.4 Å². The van der Waals surface area contributed by atoms with Gasteiger partial charge in [0.15, 0.2) is 0 Å². The van der Waals surface area contributed by atoms with Gasteiger partial charge in [0.2, 0.25) is 0 Å². The van der Waals surface area contributed by atoms with Crippen molar-refractivity contribution in [2.45, 2.75) is 116 Å². The number of aliphatic hydroxyl groups is 3. The van der Waals surface area contributed by atoms with Gasteiger partial charge >= 0.3 is 0 Å². The van der Waals surface area contributed by atoms with E-state index in [9.17, 15) is 15.3 Å². The Kier molecular flexibility index (Phi) is 9.49. The molecule has 0 aliphatic heterocycles. The van der Waals surface area contributed by atoms with Crippen LogP contribution in [0, 0.1) is 35.0 Å². The first-order valence-electron chi connectivity index (χ1n) is 13.9. The lowest BCUT2D eigenvalue weighted by Crippen LogP contribution is -2.40. The summed E-state index contributed by atoms with van der Waals surface area (Å²) in [4.78, 5) is 0. The zero-order valence-electron chi connectivity index (χ0n) is 22.6. The summed E-state index contributed by atoms with van der Waals surface area (Å²) in [5, 5.41) is 31.0. The molecule has 0 amide bonds. The Balaban J connectivity index is 1.82. The van der Waals surface area contributed by atoms with Gasteiger partial charge in [0.1, 0.15) is 11.7 Å². The van der Waals surface area contributed by atoms with Crippen molar-refractivity contribution in [3.63, 3.8) is 0 Å². The van der Waals surface area contributed by atoms with Crippen molar-refractivity contribution in [2.75, 3.05) is 6.61 Å². The molecule has 0 bridgehead atoms. The quantitative estimate of drug-likeness (QED) is 0.404. The molecule has 0 unspecified atom stereocenters. The third-order valence-electron chi connectivity index (χ3n) is 9.38. The normalized spacial score (nSPS) is 35.5. The first-order chi connectivity index (χ1) is 16.6. The highest BCUT2D eigenvalue weighted by Gasteiger charge is 2.51. The van der Waals surface area contributed by atoms with Crippen molar-refractivity contribution in [1.82, 2.24) is 0 Å². The molecule has 0 spiro atoms. The third kappa shape index (κ3) is 6.13. The van der Waals surface area contributed by atoms with Crippen molar-refractivity contribution < 1.29 is 20.1 Å². The Morgan fingerprint density at radius 3 is 2.57 bits per heavy atom. The summed E-state index contributed by atoms with van der Waals surface area (Å²) in [6.07, 6.45) is 11.1. The van der Waals surface area contributed by atoms with E-state index in [0.29, 0.717) is 44.1 Å². The van der Waals surface area contributed by atoms with E-state index in [-0.39, 0.29) is 17.4 Å². The molecule has 7 atom stereocenters. The Bertz CT molecular complexity index is 870. The monoisotopic (exact) mass is 484 g/mol. The third-order valence-corrected chi connectivity index (χ3v) is 9.38. The summed E-state index contributed by atoms with van der Waals surface area (Å²) in [6.45, 7) is 15.4. The SMILES string of the molecule is C=C1/C(=C/C=C2\CCC[C@]3(C)[C@@H]([C@@H](C)[C@@H](C#CC(O)(CC)CC)OCC)CC[C@@H]23)C[C@@H](O)C[C@@H]1O. The predicted molar refractivity (Wildman–Crippen MR) is 143 cm³/mol. The second-order valence-electron chi connectivity index (χ2n) is 11.4. The standard InChI is InChI=1S/C31H48O4/c1-7-31(34,8-2)18-16-29(35-9-3)22(5)26-14-15-27-23(11-10-17-30(26,27)6)12-13-24-19-25(32)20-28(33)21(24)4/h12-13,22,25-29,32-34H,4,7-11,14-15,17,19-20H2,1-3,5-6H3/b23-12+,24-13+/t22-,25-,26-,27+,28+,29-,30-/m1/s1. The number of rotatable bonds is 7. The van der Waals surface area contributed by atoms with Crippen LogP contribution in [0.4, 0.5) is 0 Å². The van der Waals surface area contributed by atoms with Gasteiger partial charge in [0, 0.05) is 13.0 Å². The van der Waals surface area contributed by atoms with Crippen molar-refractivity contribution in [3.05, 3.63) is 35.5 Å². The molecule has 0 radical (unpaired) electrons. The summed E-state index contributed by atoms with van der Waals surface area (Å²) < 4.78 is 6.14. The Morgan fingerprint density at radius 1 is 1.20 bits per heavy atom. The van der Waals surface area contributed by atoms with Gasteiger partial charge in [-0.3, -0.25) is 0 Å². The minimum atomic E-state index is -0.935. The maximum Gasteiger partial charge on any atom is 0.125 e. The number of allylic oxidation sites excluding steroid dienone is 3. The van der Waals surface area contributed by atoms with Crippen LogP contribution in [-0.4, -0.2) is 45.8 Å². The van der Waals surface area contributed by atoms with E-state index >= 15 is 0 Å². The van der Waals surface area contributed by atoms with Gasteiger partial charge in [-0.1, -0.05) is 63.8 Å². The van der Waals surface area contributed by atoms with Crippen LogP contribution in [0.1, 0.15) is 92.4 Å². The lowest BCUT2D eigenvalue weighted by molar-refractivity contribution is 0.00458. The topological polar surface area (TPSA) is 69.9 Å². The molecule has 4 heteroatoms. The summed E-state index contributed by atoms with van der Waals surface area (Å²) in [5.41, 5.74) is 2.49. The van der Waals surface area contributed by atoms with Crippen LogP contribution in [0.5, 0.6) is 0 Å². The molecule has 4 nitrogen and oxygen atoms in total. The van der Waals surface area contributed by atoms with Crippen molar-refractivity contribution in [2.24, 2.45) is 23.2 Å². The van der Waals surface area contributed by atoms with E-state index in [4.69, 9.17) is 4.74 Å². The molecule has 3 saturated carbocycles. The fourth-order valence-corrected chi connectivity index (χ4v) is 6.96. The van der Waals surface area contributed by atoms with Crippen LogP contribution in [0.15, 0.2) is 35.5 Å². The molecule has 0 saturated heterocycles. The van der Waals surface area contributed by atoms with Crippen LogP contribution >= 0.6 is 0 Å². The minimum Gasteiger partial charge on any atom is -0.393 e. The van der Waals surface area contributed by atoms with Crippen LogP contribution < -0.4 is 0 Å². The molecule has 3 aliphatic rings. The van der Waals surface area contributed by atoms with Gasteiger partial charge in [-0.05, 0) is 92.6 Å². The van der Waals surface area contributed by atoms with Crippen LogP contribution in [0.25, 0.3) is 0 Å². The molecular formula is C31H48O4. The predicted octanol–water partition coefficient (Wildman–Crippen LogP) is 5.72. The van der Waals surface area contributed by atoms with Crippen molar-refractivity contribution >= 4 is 0 Å². The molecule has 0 aromatic heterocycles. The Morgan fingerprint density at radius 2 is 1.91 bits per heavy atom. The molecule has 196 valence electrons. The smallest absolute Gasteiger partial charge is 0.125 e. The minimum absolute atomic E-state index is 0.171. The second-order valence-corrected chi connectivity index (χ2v) is 11.4. The van der Waals surface area contributed by atoms with E-state index in [1.54, 1.807) is 0 Å².